The summed E-state index contributed by atoms with van der Waals surface area (Å²) in [5.74, 6) is -0.933. The lowest BCUT2D eigenvalue weighted by Crippen LogP contribution is -2.41. The van der Waals surface area contributed by atoms with Crippen LogP contribution in [0.25, 0.3) is 0 Å². The fraction of sp³-hybridized carbons (Fsp3) is 0.444. The summed E-state index contributed by atoms with van der Waals surface area (Å²) in [5, 5.41) is 10.6. The first-order valence-electron chi connectivity index (χ1n) is 12.1. The summed E-state index contributed by atoms with van der Waals surface area (Å²) >= 11 is 7.64. The van der Waals surface area contributed by atoms with Crippen LogP contribution in [0.3, 0.4) is 0 Å². The van der Waals surface area contributed by atoms with Gasteiger partial charge in [0.25, 0.3) is 0 Å². The van der Waals surface area contributed by atoms with Crippen LogP contribution in [0.1, 0.15) is 49.3 Å². The summed E-state index contributed by atoms with van der Waals surface area (Å²) in [5.41, 5.74) is 1.30. The SMILES string of the molecule is C=CCS[C@@H]1C(CC2CCCC2)N(S(=O)(=O)c2ccccc2C)C(c2ccc(Cl)cc2)[C@@H]1C(=O)O. The number of aryl methyl sites for hydroxylation is 1. The van der Waals surface area contributed by atoms with Crippen LogP contribution in [0, 0.1) is 18.8 Å². The minimum Gasteiger partial charge on any atom is -0.481 e. The molecule has 2 aliphatic rings. The van der Waals surface area contributed by atoms with Gasteiger partial charge in [-0.05, 0) is 48.6 Å². The number of hydrogen-bond acceptors (Lipinski definition) is 4. The van der Waals surface area contributed by atoms with Crippen molar-refractivity contribution in [1.29, 1.82) is 0 Å². The molecule has 1 heterocycles. The second-order valence-corrected chi connectivity index (χ2v) is 13.0. The number of sulfonamides is 1. The van der Waals surface area contributed by atoms with Gasteiger partial charge in [0.05, 0.1) is 16.9 Å². The van der Waals surface area contributed by atoms with E-state index in [9.17, 15) is 18.3 Å². The quantitative estimate of drug-likeness (QED) is 0.381. The minimum atomic E-state index is -3.99. The largest absolute Gasteiger partial charge is 0.481 e. The fourth-order valence-electron chi connectivity index (χ4n) is 5.72. The molecule has 0 bridgehead atoms. The summed E-state index contributed by atoms with van der Waals surface area (Å²) in [4.78, 5) is 13.0. The Hall–Kier alpha value is -1.80. The summed E-state index contributed by atoms with van der Waals surface area (Å²) in [7, 11) is -3.99. The first kappa shape index (κ1) is 26.3. The third kappa shape index (κ3) is 5.33. The van der Waals surface area contributed by atoms with Crippen molar-refractivity contribution >= 4 is 39.4 Å². The minimum absolute atomic E-state index is 0.230. The van der Waals surface area contributed by atoms with Gasteiger partial charge in [-0.15, -0.1) is 6.58 Å². The number of carboxylic acid groups (broad SMARTS) is 1. The normalized spacial score (nSPS) is 25.7. The molecular formula is C27H32ClNO4S2. The molecule has 1 aliphatic carbocycles. The highest BCUT2D eigenvalue weighted by Gasteiger charge is 2.57. The van der Waals surface area contributed by atoms with E-state index in [1.807, 2.05) is 6.07 Å². The van der Waals surface area contributed by atoms with E-state index in [2.05, 4.69) is 6.58 Å². The molecule has 1 saturated heterocycles. The molecule has 2 aromatic carbocycles. The van der Waals surface area contributed by atoms with Crippen molar-refractivity contribution in [3.8, 4) is 0 Å². The maximum Gasteiger partial charge on any atom is 0.309 e. The molecule has 35 heavy (non-hydrogen) atoms. The highest BCUT2D eigenvalue weighted by molar-refractivity contribution is 8.00. The van der Waals surface area contributed by atoms with Gasteiger partial charge in [-0.1, -0.05) is 73.7 Å². The molecular weight excluding hydrogens is 502 g/mol. The molecule has 8 heteroatoms. The molecule has 1 N–H and O–H groups in total. The molecule has 2 aromatic rings. The number of thioether (sulfide) groups is 1. The van der Waals surface area contributed by atoms with Crippen LogP contribution in [-0.2, 0) is 14.8 Å². The van der Waals surface area contributed by atoms with Gasteiger partial charge in [0.15, 0.2) is 0 Å². The van der Waals surface area contributed by atoms with Gasteiger partial charge in [0.1, 0.15) is 0 Å². The summed E-state index contributed by atoms with van der Waals surface area (Å²) in [6, 6.07) is 12.6. The van der Waals surface area contributed by atoms with Gasteiger partial charge in [-0.2, -0.15) is 16.1 Å². The molecule has 2 unspecified atom stereocenters. The lowest BCUT2D eigenvalue weighted by atomic mass is 9.91. The smallest absolute Gasteiger partial charge is 0.309 e. The van der Waals surface area contributed by atoms with Crippen molar-refractivity contribution < 1.29 is 18.3 Å². The molecule has 0 aromatic heterocycles. The van der Waals surface area contributed by atoms with Crippen LogP contribution in [0.4, 0.5) is 0 Å². The average molecular weight is 534 g/mol. The lowest BCUT2D eigenvalue weighted by Gasteiger charge is -2.32. The maximum atomic E-state index is 14.4. The van der Waals surface area contributed by atoms with Crippen LogP contribution in [0.5, 0.6) is 0 Å². The average Bonchev–Trinajstić information content (AvgIpc) is 3.45. The maximum absolute atomic E-state index is 14.4. The number of benzene rings is 2. The van der Waals surface area contributed by atoms with Crippen LogP contribution >= 0.6 is 23.4 Å². The Morgan fingerprint density at radius 3 is 2.43 bits per heavy atom. The zero-order valence-corrected chi connectivity index (χ0v) is 22.2. The van der Waals surface area contributed by atoms with Gasteiger partial charge >= 0.3 is 5.97 Å². The molecule has 1 saturated carbocycles. The topological polar surface area (TPSA) is 74.7 Å². The second kappa shape index (κ2) is 11.1. The highest BCUT2D eigenvalue weighted by Crippen LogP contribution is 2.52. The number of nitrogens with zero attached hydrogens (tertiary/aromatic N) is 1. The van der Waals surface area contributed by atoms with E-state index >= 15 is 0 Å². The van der Waals surface area contributed by atoms with Crippen LogP contribution in [0.15, 0.2) is 66.1 Å². The third-order valence-corrected chi connectivity index (χ3v) is 11.0. The summed E-state index contributed by atoms with van der Waals surface area (Å²) in [6.07, 6.45) is 6.79. The van der Waals surface area contributed by atoms with Gasteiger partial charge in [-0.25, -0.2) is 8.42 Å². The van der Waals surface area contributed by atoms with Crippen molar-refractivity contribution in [2.24, 2.45) is 11.8 Å². The first-order valence-corrected chi connectivity index (χ1v) is 14.9. The van der Waals surface area contributed by atoms with E-state index in [4.69, 9.17) is 11.6 Å². The molecule has 188 valence electrons. The Labute approximate surface area is 217 Å². The summed E-state index contributed by atoms with van der Waals surface area (Å²) in [6.45, 7) is 5.60. The van der Waals surface area contributed by atoms with E-state index < -0.39 is 39.2 Å². The molecule has 4 rings (SSSR count). The van der Waals surface area contributed by atoms with E-state index in [1.165, 1.54) is 16.1 Å². The van der Waals surface area contributed by atoms with Gasteiger partial charge in [-0.3, -0.25) is 4.79 Å². The lowest BCUT2D eigenvalue weighted by molar-refractivity contribution is -0.142. The van der Waals surface area contributed by atoms with Gasteiger partial charge in [0, 0.05) is 22.1 Å². The molecule has 0 amide bonds. The number of aliphatic carboxylic acids is 1. The van der Waals surface area contributed by atoms with E-state index in [0.29, 0.717) is 34.2 Å². The Balaban J connectivity index is 1.91. The number of carbonyl (C=O) groups is 1. The van der Waals surface area contributed by atoms with E-state index in [1.54, 1.807) is 55.5 Å². The van der Waals surface area contributed by atoms with Crippen molar-refractivity contribution in [1.82, 2.24) is 4.31 Å². The molecule has 4 atom stereocenters. The Morgan fingerprint density at radius 2 is 1.83 bits per heavy atom. The number of carboxylic acids is 1. The van der Waals surface area contributed by atoms with Gasteiger partial charge in [0.2, 0.25) is 10.0 Å². The number of halogens is 1. The van der Waals surface area contributed by atoms with Crippen molar-refractivity contribution in [2.75, 3.05) is 5.75 Å². The fourth-order valence-corrected chi connectivity index (χ4v) is 9.30. The number of rotatable bonds is 9. The number of hydrogen-bond donors (Lipinski definition) is 1. The monoisotopic (exact) mass is 533 g/mol. The molecule has 0 spiro atoms. The van der Waals surface area contributed by atoms with Crippen molar-refractivity contribution in [2.45, 2.75) is 61.3 Å². The molecule has 0 radical (unpaired) electrons. The molecule has 2 fully saturated rings. The summed E-state index contributed by atoms with van der Waals surface area (Å²) < 4.78 is 30.2. The Bertz CT molecular complexity index is 1160. The predicted octanol–water partition coefficient (Wildman–Crippen LogP) is 6.33. The predicted molar refractivity (Wildman–Crippen MR) is 142 cm³/mol. The highest BCUT2D eigenvalue weighted by atomic mass is 35.5. The third-order valence-electron chi connectivity index (χ3n) is 7.28. The van der Waals surface area contributed by atoms with E-state index in [0.717, 1.165) is 25.7 Å². The molecule has 1 aliphatic heterocycles. The molecule has 5 nitrogen and oxygen atoms in total. The van der Waals surface area contributed by atoms with Crippen molar-refractivity contribution in [3.05, 3.63) is 77.3 Å². The van der Waals surface area contributed by atoms with Crippen molar-refractivity contribution in [3.63, 3.8) is 0 Å². The first-order chi connectivity index (χ1) is 16.8. The second-order valence-electron chi connectivity index (χ2n) is 9.50. The zero-order chi connectivity index (χ0) is 25.2. The zero-order valence-electron chi connectivity index (χ0n) is 19.8. The van der Waals surface area contributed by atoms with Crippen LogP contribution in [-0.4, -0.2) is 40.8 Å². The Kier molecular flexibility index (Phi) is 8.31. The van der Waals surface area contributed by atoms with Crippen LogP contribution in [0.2, 0.25) is 5.02 Å². The van der Waals surface area contributed by atoms with Gasteiger partial charge < -0.3 is 5.11 Å². The standard InChI is InChI=1S/C27H32ClNO4S2/c1-3-16-34-26-22(17-19-9-5-6-10-19)29(35(32,33)23-11-7-4-8-18(23)2)25(24(26)27(30)31)20-12-14-21(28)15-13-20/h3-4,7-8,11-15,19,22,24-26H,1,5-6,9-10,16-17H2,2H3,(H,30,31)/t22?,24-,25?,26+/m0/s1. The van der Waals surface area contributed by atoms with Crippen LogP contribution < -0.4 is 0 Å². The van der Waals surface area contributed by atoms with E-state index in [-0.39, 0.29) is 4.90 Å². The Morgan fingerprint density at radius 1 is 1.17 bits per heavy atom.